The molecule has 1 atom stereocenters. The molecule has 4 aromatic rings. The van der Waals surface area contributed by atoms with E-state index in [0.29, 0.717) is 40.4 Å². The van der Waals surface area contributed by atoms with E-state index < -0.39 is 29.7 Å². The van der Waals surface area contributed by atoms with Crippen LogP contribution in [0.25, 0.3) is 22.5 Å². The van der Waals surface area contributed by atoms with Crippen LogP contribution in [0.4, 0.5) is 13.2 Å². The van der Waals surface area contributed by atoms with Crippen molar-refractivity contribution in [2.45, 2.75) is 38.8 Å². The van der Waals surface area contributed by atoms with Gasteiger partial charge in [-0.25, -0.2) is 4.79 Å². The Morgan fingerprint density at radius 1 is 0.977 bits per heavy atom. The van der Waals surface area contributed by atoms with Crippen LogP contribution in [0.3, 0.4) is 0 Å². The van der Waals surface area contributed by atoms with Crippen molar-refractivity contribution in [3.8, 4) is 22.5 Å². The van der Waals surface area contributed by atoms with Crippen LogP contribution in [0.1, 0.15) is 39.2 Å². The summed E-state index contributed by atoms with van der Waals surface area (Å²) < 4.78 is 50.2. The summed E-state index contributed by atoms with van der Waals surface area (Å²) in [7, 11) is 0. The molecule has 1 unspecified atom stereocenters. The predicted molar refractivity (Wildman–Crippen MR) is 163 cm³/mol. The Morgan fingerprint density at radius 3 is 2.35 bits per heavy atom. The molecule has 4 rings (SSSR count). The summed E-state index contributed by atoms with van der Waals surface area (Å²) in [5, 5.41) is 12.2. The number of halogens is 3. The molecule has 1 heterocycles. The normalized spacial score (nSPS) is 11.9. The van der Waals surface area contributed by atoms with Gasteiger partial charge in [0.05, 0.1) is 12.2 Å². The summed E-state index contributed by atoms with van der Waals surface area (Å²) in [4.78, 5) is 25.0. The molecule has 6 nitrogen and oxygen atoms in total. The number of amides is 1. The van der Waals surface area contributed by atoms with Crippen LogP contribution in [0.2, 0.25) is 0 Å². The molecule has 43 heavy (non-hydrogen) atoms. The number of aliphatic carboxylic acids is 1. The van der Waals surface area contributed by atoms with Crippen molar-refractivity contribution in [1.29, 1.82) is 0 Å². The molecule has 0 radical (unpaired) electrons. The van der Waals surface area contributed by atoms with Gasteiger partial charge >= 0.3 is 31.0 Å². The van der Waals surface area contributed by atoms with E-state index in [1.807, 2.05) is 43.5 Å². The standard InChI is InChI=1S/C32H30F3NO5S.Li.H/c1-20-5-3-4-6-25(20)27-17-21(7-13-26(27)30(37)36-28(31(38)39)15-16-42-2)18-40-19-24-12-14-29(41-24)22-8-10-23(11-9-22)32(33,34)35;;/h3-14,17,28H,15-16,18-19H2,1-2H3,(H,36,37)(H,38,39);;. The van der Waals surface area contributed by atoms with Crippen molar-refractivity contribution in [1.82, 2.24) is 5.32 Å². The average Bonchev–Trinajstić information content (AvgIpc) is 3.44. The van der Waals surface area contributed by atoms with Crippen LogP contribution in [-0.4, -0.2) is 53.9 Å². The van der Waals surface area contributed by atoms with E-state index in [9.17, 15) is 27.9 Å². The van der Waals surface area contributed by atoms with Crippen LogP contribution in [0.5, 0.6) is 0 Å². The number of benzene rings is 3. The topological polar surface area (TPSA) is 88.8 Å². The van der Waals surface area contributed by atoms with Crippen molar-refractivity contribution in [3.63, 3.8) is 0 Å². The van der Waals surface area contributed by atoms with E-state index in [1.54, 1.807) is 24.3 Å². The van der Waals surface area contributed by atoms with Crippen molar-refractivity contribution in [2.75, 3.05) is 12.0 Å². The number of carbonyl (C=O) groups excluding carboxylic acids is 1. The third kappa shape index (κ3) is 9.04. The molecule has 0 bridgehead atoms. The number of aryl methyl sites for hydroxylation is 1. The minimum absolute atomic E-state index is 0. The molecule has 2 N–H and O–H groups in total. The summed E-state index contributed by atoms with van der Waals surface area (Å²) in [6, 6.07) is 20.0. The molecule has 0 aliphatic rings. The Bertz CT molecular complexity index is 1540. The molecule has 11 heteroatoms. The SMILES string of the molecule is CSCCC(NC(=O)c1ccc(COCc2ccc(-c3ccc(C(F)(F)F)cc3)o2)cc1-c1ccccc1C)C(=O)O.[LiH]. The number of carbonyl (C=O) groups is 2. The van der Waals surface area contributed by atoms with E-state index in [2.05, 4.69) is 5.32 Å². The van der Waals surface area contributed by atoms with Crippen LogP contribution in [-0.2, 0) is 28.9 Å². The maximum absolute atomic E-state index is 13.2. The molecule has 0 saturated heterocycles. The molecule has 0 fully saturated rings. The first kappa shape index (κ1) is 34.1. The number of thioether (sulfide) groups is 1. The van der Waals surface area contributed by atoms with Crippen molar-refractivity contribution in [3.05, 3.63) is 107 Å². The number of hydrogen-bond donors (Lipinski definition) is 2. The Labute approximate surface area is 264 Å². The van der Waals surface area contributed by atoms with E-state index in [1.165, 1.54) is 23.9 Å². The Balaban J connectivity index is 0.00000506. The summed E-state index contributed by atoms with van der Waals surface area (Å²) in [5.41, 5.74) is 3.38. The van der Waals surface area contributed by atoms with E-state index in [-0.39, 0.29) is 32.1 Å². The molecular weight excluding hydrogens is 574 g/mol. The molecule has 1 aromatic heterocycles. The van der Waals surface area contributed by atoms with Crippen LogP contribution < -0.4 is 5.32 Å². The fraction of sp³-hybridized carbons (Fsp3) is 0.250. The Hall–Kier alpha value is -3.42. The summed E-state index contributed by atoms with van der Waals surface area (Å²) in [6.45, 7) is 2.25. The first-order valence-corrected chi connectivity index (χ1v) is 14.5. The Morgan fingerprint density at radius 2 is 1.70 bits per heavy atom. The summed E-state index contributed by atoms with van der Waals surface area (Å²) in [5.74, 6) is -0.0266. The molecule has 3 aromatic carbocycles. The number of carboxylic acid groups (broad SMARTS) is 1. The van der Waals surface area contributed by atoms with E-state index in [4.69, 9.17) is 9.15 Å². The van der Waals surface area contributed by atoms with Gasteiger partial charge in [0.25, 0.3) is 5.91 Å². The molecule has 0 aliphatic carbocycles. The van der Waals surface area contributed by atoms with Crippen molar-refractivity contribution >= 4 is 42.5 Å². The summed E-state index contributed by atoms with van der Waals surface area (Å²) >= 11 is 1.51. The van der Waals surface area contributed by atoms with Gasteiger partial charge in [-0.1, -0.05) is 42.5 Å². The number of ether oxygens (including phenoxy) is 1. The monoisotopic (exact) mass is 605 g/mol. The van der Waals surface area contributed by atoms with Gasteiger partial charge in [0.15, 0.2) is 0 Å². The second-order valence-corrected chi connectivity index (χ2v) is 10.7. The number of alkyl halides is 3. The quantitative estimate of drug-likeness (QED) is 0.170. The number of rotatable bonds is 12. The first-order valence-electron chi connectivity index (χ1n) is 13.1. The zero-order valence-electron chi connectivity index (χ0n) is 23.0. The molecule has 0 aliphatic heterocycles. The third-order valence-electron chi connectivity index (χ3n) is 6.65. The first-order chi connectivity index (χ1) is 20.1. The number of hydrogen-bond acceptors (Lipinski definition) is 5. The number of carboxylic acids is 1. The van der Waals surface area contributed by atoms with Crippen molar-refractivity contribution < 1.29 is 37.0 Å². The fourth-order valence-electron chi connectivity index (χ4n) is 4.41. The van der Waals surface area contributed by atoms with Gasteiger partial charge < -0.3 is 19.6 Å². The molecule has 0 saturated carbocycles. The second-order valence-electron chi connectivity index (χ2n) is 9.67. The maximum atomic E-state index is 13.2. The van der Waals surface area contributed by atoms with Gasteiger partial charge in [-0.2, -0.15) is 24.9 Å². The van der Waals surface area contributed by atoms with Crippen LogP contribution in [0.15, 0.2) is 83.3 Å². The van der Waals surface area contributed by atoms with Gasteiger partial charge in [0.1, 0.15) is 24.2 Å². The fourth-order valence-corrected chi connectivity index (χ4v) is 4.88. The van der Waals surface area contributed by atoms with Gasteiger partial charge in [0.2, 0.25) is 0 Å². The number of furan rings is 1. The molecule has 0 spiro atoms. The minimum atomic E-state index is -4.41. The average molecular weight is 606 g/mol. The van der Waals surface area contributed by atoms with Crippen LogP contribution in [0, 0.1) is 6.92 Å². The van der Waals surface area contributed by atoms with E-state index >= 15 is 0 Å². The van der Waals surface area contributed by atoms with Crippen LogP contribution >= 0.6 is 11.8 Å². The zero-order chi connectivity index (χ0) is 30.3. The molecular formula is C32H31F3LiNO5S. The van der Waals surface area contributed by atoms with Gasteiger partial charge in [-0.05, 0) is 84.0 Å². The predicted octanol–water partition coefficient (Wildman–Crippen LogP) is 6.95. The number of nitrogens with one attached hydrogen (secondary N) is 1. The van der Waals surface area contributed by atoms with Gasteiger partial charge in [0, 0.05) is 11.1 Å². The third-order valence-corrected chi connectivity index (χ3v) is 7.29. The summed E-state index contributed by atoms with van der Waals surface area (Å²) in [6.07, 6.45) is -2.22. The van der Waals surface area contributed by atoms with Crippen molar-refractivity contribution in [2.24, 2.45) is 0 Å². The molecule has 1 amide bonds. The van der Waals surface area contributed by atoms with Gasteiger partial charge in [-0.3, -0.25) is 4.79 Å². The Kier molecular flexibility index (Phi) is 12.2. The molecule has 222 valence electrons. The van der Waals surface area contributed by atoms with Gasteiger partial charge in [-0.15, -0.1) is 0 Å². The second kappa shape index (κ2) is 15.3. The van der Waals surface area contributed by atoms with E-state index in [0.717, 1.165) is 28.8 Å². The zero-order valence-corrected chi connectivity index (χ0v) is 23.9.